The summed E-state index contributed by atoms with van der Waals surface area (Å²) >= 11 is 3.17. The van der Waals surface area contributed by atoms with E-state index < -0.39 is 4.92 Å². The van der Waals surface area contributed by atoms with Crippen LogP contribution in [0.15, 0.2) is 22.7 Å². The van der Waals surface area contributed by atoms with E-state index in [0.29, 0.717) is 16.8 Å². The monoisotopic (exact) mass is 259 g/mol. The van der Waals surface area contributed by atoms with Gasteiger partial charge in [-0.05, 0) is 18.6 Å². The molecule has 0 aromatic heterocycles. The van der Waals surface area contributed by atoms with Gasteiger partial charge < -0.3 is 4.74 Å². The maximum Gasteiger partial charge on any atom is 0.312 e. The Hall–Kier alpha value is -1.10. The van der Waals surface area contributed by atoms with Crippen LogP contribution in [0.4, 0.5) is 5.69 Å². The van der Waals surface area contributed by atoms with E-state index in [-0.39, 0.29) is 5.69 Å². The van der Waals surface area contributed by atoms with Crippen LogP contribution < -0.4 is 4.74 Å². The number of nitrogens with zero attached hydrogens (tertiary/aromatic N) is 1. The van der Waals surface area contributed by atoms with Gasteiger partial charge in [-0.25, -0.2) is 0 Å². The molecule has 14 heavy (non-hydrogen) atoms. The topological polar surface area (TPSA) is 52.4 Å². The lowest BCUT2D eigenvalue weighted by Crippen LogP contribution is -1.99. The zero-order chi connectivity index (χ0) is 10.6. The van der Waals surface area contributed by atoms with E-state index in [1.54, 1.807) is 12.1 Å². The standard InChI is InChI=1S/C9H10BrNO3/c1-2-5-14-9-4-3-7(10)6-8(9)11(12)13/h3-4,6H,2,5H2,1H3. The van der Waals surface area contributed by atoms with Gasteiger partial charge in [0.25, 0.3) is 0 Å². The second-order valence-corrected chi connectivity index (χ2v) is 3.63. The summed E-state index contributed by atoms with van der Waals surface area (Å²) in [5.41, 5.74) is -0.00664. The summed E-state index contributed by atoms with van der Waals surface area (Å²) < 4.78 is 5.91. The summed E-state index contributed by atoms with van der Waals surface area (Å²) in [5.74, 6) is 0.319. The molecule has 76 valence electrons. The van der Waals surface area contributed by atoms with Gasteiger partial charge in [0.15, 0.2) is 5.75 Å². The lowest BCUT2D eigenvalue weighted by atomic mass is 10.3. The van der Waals surface area contributed by atoms with Gasteiger partial charge >= 0.3 is 5.69 Å². The van der Waals surface area contributed by atoms with Crippen LogP contribution in [0.25, 0.3) is 0 Å². The summed E-state index contributed by atoms with van der Waals surface area (Å²) in [7, 11) is 0. The molecule has 0 aliphatic rings. The number of nitro groups is 1. The highest BCUT2D eigenvalue weighted by molar-refractivity contribution is 9.10. The maximum absolute atomic E-state index is 10.6. The second kappa shape index (κ2) is 4.95. The number of ether oxygens (including phenoxy) is 1. The Bertz CT molecular complexity index is 341. The quantitative estimate of drug-likeness (QED) is 0.617. The maximum atomic E-state index is 10.6. The molecule has 5 heteroatoms. The lowest BCUT2D eigenvalue weighted by Gasteiger charge is -2.04. The van der Waals surface area contributed by atoms with Crippen molar-refractivity contribution in [2.24, 2.45) is 0 Å². The third-order valence-corrected chi connectivity index (χ3v) is 2.07. The molecule has 0 fully saturated rings. The Labute approximate surface area is 90.2 Å². The number of hydrogen-bond acceptors (Lipinski definition) is 3. The minimum Gasteiger partial charge on any atom is -0.487 e. The van der Waals surface area contributed by atoms with Gasteiger partial charge in [0.1, 0.15) is 0 Å². The van der Waals surface area contributed by atoms with Crippen LogP contribution in [-0.4, -0.2) is 11.5 Å². The number of benzene rings is 1. The molecule has 1 rings (SSSR count). The van der Waals surface area contributed by atoms with Crippen LogP contribution in [-0.2, 0) is 0 Å². The fraction of sp³-hybridized carbons (Fsp3) is 0.333. The van der Waals surface area contributed by atoms with E-state index in [1.165, 1.54) is 6.07 Å². The highest BCUT2D eigenvalue weighted by atomic mass is 79.9. The predicted octanol–water partition coefficient (Wildman–Crippen LogP) is 3.15. The van der Waals surface area contributed by atoms with Crippen molar-refractivity contribution in [3.05, 3.63) is 32.8 Å². The van der Waals surface area contributed by atoms with Crippen LogP contribution in [0.3, 0.4) is 0 Å². The average molecular weight is 260 g/mol. The number of rotatable bonds is 4. The van der Waals surface area contributed by atoms with Crippen molar-refractivity contribution < 1.29 is 9.66 Å². The first-order valence-corrected chi connectivity index (χ1v) is 5.01. The van der Waals surface area contributed by atoms with Crippen molar-refractivity contribution in [1.82, 2.24) is 0 Å². The third-order valence-electron chi connectivity index (χ3n) is 1.58. The van der Waals surface area contributed by atoms with Crippen LogP contribution in [0, 0.1) is 10.1 Å². The molecule has 0 bridgehead atoms. The van der Waals surface area contributed by atoms with E-state index in [9.17, 15) is 10.1 Å². The first-order valence-electron chi connectivity index (χ1n) is 4.22. The Kier molecular flexibility index (Phi) is 3.88. The smallest absolute Gasteiger partial charge is 0.312 e. The largest absolute Gasteiger partial charge is 0.487 e. The molecule has 1 aromatic carbocycles. The van der Waals surface area contributed by atoms with Gasteiger partial charge in [-0.15, -0.1) is 0 Å². The molecule has 0 radical (unpaired) electrons. The normalized spacial score (nSPS) is 9.86. The molecule has 0 saturated heterocycles. The molecule has 0 amide bonds. The van der Waals surface area contributed by atoms with Gasteiger partial charge in [-0.1, -0.05) is 22.9 Å². The third kappa shape index (κ3) is 2.70. The van der Waals surface area contributed by atoms with Crippen molar-refractivity contribution in [3.8, 4) is 5.75 Å². The van der Waals surface area contributed by atoms with Crippen LogP contribution >= 0.6 is 15.9 Å². The summed E-state index contributed by atoms with van der Waals surface area (Å²) in [4.78, 5) is 10.2. The molecule has 0 aliphatic carbocycles. The van der Waals surface area contributed by atoms with Crippen molar-refractivity contribution >= 4 is 21.6 Å². The van der Waals surface area contributed by atoms with E-state index in [1.807, 2.05) is 6.92 Å². The molecule has 1 aromatic rings. The summed E-state index contributed by atoms with van der Waals surface area (Å²) in [6, 6.07) is 4.75. The van der Waals surface area contributed by atoms with Crippen molar-refractivity contribution in [1.29, 1.82) is 0 Å². The zero-order valence-corrected chi connectivity index (χ0v) is 9.28. The second-order valence-electron chi connectivity index (χ2n) is 2.72. The number of nitro benzene ring substituents is 1. The van der Waals surface area contributed by atoms with E-state index in [4.69, 9.17) is 4.74 Å². The van der Waals surface area contributed by atoms with Crippen LogP contribution in [0.2, 0.25) is 0 Å². The Morgan fingerprint density at radius 2 is 2.29 bits per heavy atom. The van der Waals surface area contributed by atoms with Crippen LogP contribution in [0.1, 0.15) is 13.3 Å². The van der Waals surface area contributed by atoms with Gasteiger partial charge in [0, 0.05) is 10.5 Å². The minimum absolute atomic E-state index is 0.00664. The molecular formula is C9H10BrNO3. The number of hydrogen-bond donors (Lipinski definition) is 0. The molecule has 0 atom stereocenters. The fourth-order valence-electron chi connectivity index (χ4n) is 0.967. The molecule has 0 unspecified atom stereocenters. The molecular weight excluding hydrogens is 250 g/mol. The van der Waals surface area contributed by atoms with Crippen molar-refractivity contribution in [2.75, 3.05) is 6.61 Å². The minimum atomic E-state index is -0.449. The molecule has 0 spiro atoms. The number of halogens is 1. The van der Waals surface area contributed by atoms with Crippen molar-refractivity contribution in [3.63, 3.8) is 0 Å². The molecule has 4 nitrogen and oxygen atoms in total. The SMILES string of the molecule is CCCOc1ccc(Br)cc1[N+](=O)[O-]. The predicted molar refractivity (Wildman–Crippen MR) is 56.6 cm³/mol. The van der Waals surface area contributed by atoms with Gasteiger partial charge in [0.05, 0.1) is 11.5 Å². The zero-order valence-electron chi connectivity index (χ0n) is 7.70. The van der Waals surface area contributed by atoms with Gasteiger partial charge in [-0.3, -0.25) is 10.1 Å². The highest BCUT2D eigenvalue weighted by Crippen LogP contribution is 2.29. The molecule has 0 aliphatic heterocycles. The highest BCUT2D eigenvalue weighted by Gasteiger charge is 2.14. The first kappa shape index (κ1) is 11.0. The van der Waals surface area contributed by atoms with Crippen LogP contribution in [0.5, 0.6) is 5.75 Å². The molecule has 0 saturated carbocycles. The Morgan fingerprint density at radius 3 is 2.86 bits per heavy atom. The van der Waals surface area contributed by atoms with E-state index >= 15 is 0 Å². The fourth-order valence-corrected chi connectivity index (χ4v) is 1.32. The Balaban J connectivity index is 2.96. The molecule has 0 N–H and O–H groups in total. The van der Waals surface area contributed by atoms with Gasteiger partial charge in [0.2, 0.25) is 0 Å². The summed E-state index contributed by atoms with van der Waals surface area (Å²) in [6.07, 6.45) is 0.827. The van der Waals surface area contributed by atoms with Gasteiger partial charge in [-0.2, -0.15) is 0 Å². The average Bonchev–Trinajstić information content (AvgIpc) is 2.15. The van der Waals surface area contributed by atoms with E-state index in [0.717, 1.165) is 6.42 Å². The molecule has 0 heterocycles. The first-order chi connectivity index (χ1) is 6.65. The van der Waals surface area contributed by atoms with E-state index in [2.05, 4.69) is 15.9 Å². The summed E-state index contributed by atoms with van der Waals surface area (Å²) in [5, 5.41) is 10.6. The Morgan fingerprint density at radius 1 is 1.57 bits per heavy atom. The van der Waals surface area contributed by atoms with Crippen molar-refractivity contribution in [2.45, 2.75) is 13.3 Å². The summed E-state index contributed by atoms with van der Waals surface area (Å²) in [6.45, 7) is 2.44. The lowest BCUT2D eigenvalue weighted by molar-refractivity contribution is -0.385.